The molecule has 1 aromatic rings. The van der Waals surface area contributed by atoms with Crippen molar-refractivity contribution in [1.29, 1.82) is 0 Å². The third-order valence-electron chi connectivity index (χ3n) is 1.90. The molecule has 70 valence electrons. The molecule has 0 radical (unpaired) electrons. The highest BCUT2D eigenvalue weighted by molar-refractivity contribution is 8.12. The maximum Gasteiger partial charge on any atom is 0.232 e. The summed E-state index contributed by atoms with van der Waals surface area (Å²) in [5.41, 5.74) is 0.194. The van der Waals surface area contributed by atoms with Crippen LogP contribution in [0.15, 0.2) is 12.3 Å². The largest absolute Gasteiger partial charge is 0.341 e. The highest BCUT2D eigenvalue weighted by Gasteiger charge is 2.27. The molecule has 1 aliphatic carbocycles. The summed E-state index contributed by atoms with van der Waals surface area (Å²) in [5, 5.41) is 0. The Balaban J connectivity index is 2.37. The van der Waals surface area contributed by atoms with Gasteiger partial charge in [-0.05, 0) is 30.7 Å². The normalized spacial score (nSPS) is 17.4. The summed E-state index contributed by atoms with van der Waals surface area (Å²) in [4.78, 5) is 26.5. The van der Waals surface area contributed by atoms with E-state index in [0.717, 1.165) is 12.8 Å². The summed E-state index contributed by atoms with van der Waals surface area (Å²) in [6, 6.07) is 1.46. The number of nitrogens with zero attached hydrogens (tertiary/aromatic N) is 2. The van der Waals surface area contributed by atoms with Crippen molar-refractivity contribution in [3.63, 3.8) is 0 Å². The number of hydrogen-bond acceptors (Lipinski definition) is 3. The van der Waals surface area contributed by atoms with E-state index >= 15 is 0 Å². The molecule has 6 heteroatoms. The Hall–Kier alpha value is -0.350. The summed E-state index contributed by atoms with van der Waals surface area (Å²) < 4.78 is 0. The van der Waals surface area contributed by atoms with E-state index in [-0.39, 0.29) is 5.44 Å². The molecule has 1 aliphatic rings. The number of hydrogen-bond donors (Lipinski definition) is 2. The maximum atomic E-state index is 9.21. The van der Waals surface area contributed by atoms with E-state index in [0.29, 0.717) is 11.7 Å². The molecule has 0 atom stereocenters. The maximum absolute atomic E-state index is 9.21. The molecular formula is C7H9N2O2PS. The van der Waals surface area contributed by atoms with Gasteiger partial charge in [-0.15, -0.1) is 0 Å². The zero-order chi connectivity index (χ0) is 9.47. The molecule has 0 amide bonds. The number of rotatable bonds is 2. The molecule has 2 N–H and O–H groups in total. The molecule has 1 heterocycles. The Morgan fingerprint density at radius 2 is 2.15 bits per heavy atom. The van der Waals surface area contributed by atoms with Crippen molar-refractivity contribution >= 4 is 23.7 Å². The lowest BCUT2D eigenvalue weighted by Gasteiger charge is -2.06. The minimum absolute atomic E-state index is 0.194. The standard InChI is InChI=1S/C7H9N2O2PS/c10-12(11,13)6-3-4-8-7(9-6)5-1-2-5/h3-5H,1-2H2,(H2,10,11,13). The Labute approximate surface area is 80.8 Å². The van der Waals surface area contributed by atoms with Gasteiger partial charge >= 0.3 is 0 Å². The predicted molar refractivity (Wildman–Crippen MR) is 52.4 cm³/mol. The highest BCUT2D eigenvalue weighted by atomic mass is 32.5. The second-order valence-corrected chi connectivity index (χ2v) is 6.17. The summed E-state index contributed by atoms with van der Waals surface area (Å²) in [6.07, 6.45) is 3.70. The van der Waals surface area contributed by atoms with Gasteiger partial charge in [-0.2, -0.15) is 0 Å². The topological polar surface area (TPSA) is 66.2 Å². The first-order valence-corrected chi connectivity index (χ1v) is 6.67. The van der Waals surface area contributed by atoms with Gasteiger partial charge in [0.25, 0.3) is 0 Å². The fourth-order valence-corrected chi connectivity index (χ4v) is 1.86. The highest BCUT2D eigenvalue weighted by Crippen LogP contribution is 2.39. The molecule has 4 nitrogen and oxygen atoms in total. The van der Waals surface area contributed by atoms with Crippen molar-refractivity contribution < 1.29 is 9.79 Å². The van der Waals surface area contributed by atoms with Crippen LogP contribution in [0.1, 0.15) is 24.6 Å². The minimum atomic E-state index is -3.37. The van der Waals surface area contributed by atoms with Crippen molar-refractivity contribution in [3.8, 4) is 0 Å². The Bertz CT molecular complexity index is 375. The zero-order valence-corrected chi connectivity index (χ0v) is 8.50. The molecule has 1 fully saturated rings. The molecule has 0 spiro atoms. The van der Waals surface area contributed by atoms with Gasteiger partial charge in [-0.1, -0.05) is 0 Å². The van der Waals surface area contributed by atoms with Crippen LogP contribution in [0.5, 0.6) is 0 Å². The van der Waals surface area contributed by atoms with Crippen molar-refractivity contribution in [1.82, 2.24) is 9.97 Å². The minimum Gasteiger partial charge on any atom is -0.341 e. The lowest BCUT2D eigenvalue weighted by Crippen LogP contribution is -2.11. The third kappa shape index (κ3) is 2.11. The van der Waals surface area contributed by atoms with Crippen LogP contribution in [0.25, 0.3) is 0 Å². The van der Waals surface area contributed by atoms with Crippen LogP contribution in [-0.2, 0) is 11.8 Å². The van der Waals surface area contributed by atoms with E-state index in [4.69, 9.17) is 0 Å². The van der Waals surface area contributed by atoms with E-state index in [2.05, 4.69) is 21.8 Å². The van der Waals surface area contributed by atoms with Crippen LogP contribution >= 0.6 is 6.49 Å². The van der Waals surface area contributed by atoms with Crippen LogP contribution in [0.3, 0.4) is 0 Å². The summed E-state index contributed by atoms with van der Waals surface area (Å²) >= 11 is 4.55. The van der Waals surface area contributed by atoms with Crippen molar-refractivity contribution in [2.75, 3.05) is 0 Å². The van der Waals surface area contributed by atoms with Gasteiger partial charge in [0, 0.05) is 12.1 Å². The fraction of sp³-hybridized carbons (Fsp3) is 0.429. The molecule has 1 saturated carbocycles. The molecule has 1 aromatic heterocycles. The van der Waals surface area contributed by atoms with Crippen molar-refractivity contribution in [3.05, 3.63) is 18.1 Å². The Morgan fingerprint density at radius 1 is 1.46 bits per heavy atom. The van der Waals surface area contributed by atoms with E-state index in [9.17, 15) is 9.79 Å². The average molecular weight is 216 g/mol. The van der Waals surface area contributed by atoms with Gasteiger partial charge in [0.2, 0.25) is 6.49 Å². The van der Waals surface area contributed by atoms with Crippen molar-refractivity contribution in [2.45, 2.75) is 18.8 Å². The fourth-order valence-electron chi connectivity index (χ4n) is 1.06. The van der Waals surface area contributed by atoms with Gasteiger partial charge in [-0.25, -0.2) is 9.97 Å². The van der Waals surface area contributed by atoms with Gasteiger partial charge in [0.05, 0.1) is 0 Å². The van der Waals surface area contributed by atoms with E-state index in [1.807, 2.05) is 0 Å². The lowest BCUT2D eigenvalue weighted by molar-refractivity contribution is 0.491. The van der Waals surface area contributed by atoms with Crippen LogP contribution in [0, 0.1) is 0 Å². The van der Waals surface area contributed by atoms with E-state index in [1.165, 1.54) is 12.3 Å². The monoisotopic (exact) mass is 216 g/mol. The summed E-state index contributed by atoms with van der Waals surface area (Å²) in [5.74, 6) is 1.09. The van der Waals surface area contributed by atoms with Gasteiger partial charge in [0.15, 0.2) is 0 Å². The zero-order valence-electron chi connectivity index (χ0n) is 6.79. The molecule has 0 aromatic carbocycles. The van der Waals surface area contributed by atoms with Gasteiger partial charge in [-0.3, -0.25) is 0 Å². The quantitative estimate of drug-likeness (QED) is 0.695. The smallest absolute Gasteiger partial charge is 0.232 e. The summed E-state index contributed by atoms with van der Waals surface area (Å²) in [7, 11) is 0. The van der Waals surface area contributed by atoms with Crippen LogP contribution in [0.4, 0.5) is 0 Å². The SMILES string of the molecule is OP(O)(=S)c1ccnc(C2CC2)n1. The third-order valence-corrected chi connectivity index (χ3v) is 3.31. The molecule has 0 unspecified atom stereocenters. The van der Waals surface area contributed by atoms with Crippen molar-refractivity contribution in [2.24, 2.45) is 0 Å². The first-order valence-electron chi connectivity index (χ1n) is 3.96. The first kappa shape index (κ1) is 9.21. The van der Waals surface area contributed by atoms with Gasteiger partial charge in [0.1, 0.15) is 11.3 Å². The number of aromatic nitrogens is 2. The average Bonchev–Trinajstić information content (AvgIpc) is 2.85. The van der Waals surface area contributed by atoms with Crippen LogP contribution in [-0.4, -0.2) is 19.8 Å². The second-order valence-electron chi connectivity index (χ2n) is 3.09. The van der Waals surface area contributed by atoms with E-state index < -0.39 is 6.49 Å². The van der Waals surface area contributed by atoms with E-state index in [1.54, 1.807) is 0 Å². The van der Waals surface area contributed by atoms with Crippen LogP contribution < -0.4 is 5.44 Å². The van der Waals surface area contributed by atoms with Crippen LogP contribution in [0.2, 0.25) is 0 Å². The lowest BCUT2D eigenvalue weighted by atomic mass is 10.4. The van der Waals surface area contributed by atoms with Gasteiger partial charge < -0.3 is 9.79 Å². The molecular weight excluding hydrogens is 207 g/mol. The molecule has 2 rings (SSSR count). The second kappa shape index (κ2) is 3.10. The first-order chi connectivity index (χ1) is 6.07. The Kier molecular flexibility index (Phi) is 2.20. The molecule has 13 heavy (non-hydrogen) atoms. The molecule has 0 saturated heterocycles. The summed E-state index contributed by atoms with van der Waals surface area (Å²) in [6.45, 7) is -3.37. The Morgan fingerprint density at radius 3 is 2.69 bits per heavy atom. The molecule has 0 bridgehead atoms. The molecule has 0 aliphatic heterocycles. The predicted octanol–water partition coefficient (Wildman–Crippen LogP) is 0.273.